The third kappa shape index (κ3) is 3.81. The van der Waals surface area contributed by atoms with E-state index in [1.807, 2.05) is 6.07 Å². The van der Waals surface area contributed by atoms with Gasteiger partial charge in [0.25, 0.3) is 0 Å². The zero-order valence-electron chi connectivity index (χ0n) is 15.2. The molecule has 0 aromatic heterocycles. The van der Waals surface area contributed by atoms with Crippen LogP contribution in [0.1, 0.15) is 43.2 Å². The van der Waals surface area contributed by atoms with Crippen molar-refractivity contribution in [1.29, 1.82) is 0 Å². The van der Waals surface area contributed by atoms with E-state index >= 15 is 0 Å². The molecule has 0 spiro atoms. The van der Waals surface area contributed by atoms with Crippen LogP contribution in [0.3, 0.4) is 0 Å². The maximum Gasteiger partial charge on any atom is 0.315 e. The number of amides is 3. The SMILES string of the molecule is O=C(CCCC[C@@H]1[C@H]2NC(=O)N[C@H]2CS1(=O)=O)Nc1ccc2c(c1)CCC2. The molecule has 3 N–H and O–H groups in total. The molecule has 1 aromatic rings. The lowest BCUT2D eigenvalue weighted by Crippen LogP contribution is -2.39. The van der Waals surface area contributed by atoms with Gasteiger partial charge in [-0.15, -0.1) is 0 Å². The normalized spacial score (nSPS) is 27.6. The lowest BCUT2D eigenvalue weighted by molar-refractivity contribution is -0.116. The number of carbonyl (C=O) groups excluding carboxylic acids is 2. The number of sulfone groups is 1. The number of nitrogens with one attached hydrogen (secondary N) is 3. The predicted molar refractivity (Wildman–Crippen MR) is 102 cm³/mol. The van der Waals surface area contributed by atoms with Crippen molar-refractivity contribution in [3.63, 3.8) is 0 Å². The zero-order valence-corrected chi connectivity index (χ0v) is 16.0. The monoisotopic (exact) mass is 391 g/mol. The van der Waals surface area contributed by atoms with E-state index < -0.39 is 15.1 Å². The van der Waals surface area contributed by atoms with Gasteiger partial charge in [0.2, 0.25) is 5.91 Å². The fraction of sp³-hybridized carbons (Fsp3) is 0.579. The van der Waals surface area contributed by atoms with Crippen LogP contribution in [0.5, 0.6) is 0 Å². The molecule has 0 bridgehead atoms. The Morgan fingerprint density at radius 2 is 1.96 bits per heavy atom. The fourth-order valence-electron chi connectivity index (χ4n) is 4.51. The average molecular weight is 391 g/mol. The molecule has 146 valence electrons. The van der Waals surface area contributed by atoms with E-state index in [9.17, 15) is 18.0 Å². The largest absolute Gasteiger partial charge is 0.332 e. The molecular weight excluding hydrogens is 366 g/mol. The first kappa shape index (κ1) is 18.3. The molecule has 3 amide bonds. The number of anilines is 1. The van der Waals surface area contributed by atoms with Gasteiger partial charge in [0.15, 0.2) is 9.84 Å². The first-order valence-electron chi connectivity index (χ1n) is 9.63. The summed E-state index contributed by atoms with van der Waals surface area (Å²) in [6, 6.07) is 5.13. The minimum absolute atomic E-state index is 0.000111. The van der Waals surface area contributed by atoms with E-state index in [4.69, 9.17) is 0 Å². The Balaban J connectivity index is 1.24. The molecule has 2 saturated heterocycles. The molecule has 1 aliphatic carbocycles. The number of urea groups is 1. The van der Waals surface area contributed by atoms with Gasteiger partial charge >= 0.3 is 6.03 Å². The van der Waals surface area contributed by atoms with Crippen molar-refractivity contribution in [3.05, 3.63) is 29.3 Å². The summed E-state index contributed by atoms with van der Waals surface area (Å²) in [5, 5.41) is 7.76. The number of benzene rings is 1. The number of hydrogen-bond acceptors (Lipinski definition) is 4. The second kappa shape index (κ2) is 7.14. The third-order valence-electron chi connectivity index (χ3n) is 5.85. The van der Waals surface area contributed by atoms with Crippen LogP contribution in [-0.4, -0.2) is 43.4 Å². The molecule has 4 rings (SSSR count). The smallest absolute Gasteiger partial charge is 0.315 e. The highest BCUT2D eigenvalue weighted by Crippen LogP contribution is 2.29. The van der Waals surface area contributed by atoms with Crippen LogP contribution in [0, 0.1) is 0 Å². The molecular formula is C19H25N3O4S. The number of unbranched alkanes of at least 4 members (excludes halogenated alkanes) is 1. The summed E-state index contributed by atoms with van der Waals surface area (Å²) in [7, 11) is -3.20. The van der Waals surface area contributed by atoms with Gasteiger partial charge in [-0.3, -0.25) is 4.79 Å². The molecule has 2 fully saturated rings. The number of aryl methyl sites for hydroxylation is 2. The number of fused-ring (bicyclic) bond motifs is 2. The van der Waals surface area contributed by atoms with Crippen molar-refractivity contribution in [3.8, 4) is 0 Å². The van der Waals surface area contributed by atoms with Gasteiger partial charge in [0.1, 0.15) is 0 Å². The lowest BCUT2D eigenvalue weighted by atomic mass is 10.0. The van der Waals surface area contributed by atoms with E-state index in [1.54, 1.807) is 0 Å². The van der Waals surface area contributed by atoms with Crippen LogP contribution in [0.2, 0.25) is 0 Å². The Hall–Kier alpha value is -2.09. The molecule has 8 heteroatoms. The molecule has 27 heavy (non-hydrogen) atoms. The van der Waals surface area contributed by atoms with Crippen molar-refractivity contribution < 1.29 is 18.0 Å². The predicted octanol–water partition coefficient (Wildman–Crippen LogP) is 1.52. The first-order chi connectivity index (χ1) is 12.9. The van der Waals surface area contributed by atoms with Gasteiger partial charge in [-0.25, -0.2) is 13.2 Å². The Morgan fingerprint density at radius 1 is 1.15 bits per heavy atom. The van der Waals surface area contributed by atoms with Crippen molar-refractivity contribution in [1.82, 2.24) is 10.6 Å². The minimum atomic E-state index is -3.20. The van der Waals surface area contributed by atoms with Crippen LogP contribution >= 0.6 is 0 Å². The zero-order chi connectivity index (χ0) is 19.0. The summed E-state index contributed by atoms with van der Waals surface area (Å²) in [5.74, 6) is -0.0455. The van der Waals surface area contributed by atoms with Crippen molar-refractivity contribution >= 4 is 27.5 Å². The third-order valence-corrected chi connectivity index (χ3v) is 8.12. The molecule has 7 nitrogen and oxygen atoms in total. The molecule has 0 saturated carbocycles. The Kier molecular flexibility index (Phi) is 4.84. The highest BCUT2D eigenvalue weighted by Gasteiger charge is 2.51. The topological polar surface area (TPSA) is 104 Å². The van der Waals surface area contributed by atoms with E-state index in [0.717, 1.165) is 18.5 Å². The highest BCUT2D eigenvalue weighted by molar-refractivity contribution is 7.92. The van der Waals surface area contributed by atoms with Gasteiger partial charge in [0, 0.05) is 12.1 Å². The van der Waals surface area contributed by atoms with E-state index in [2.05, 4.69) is 28.1 Å². The Morgan fingerprint density at radius 3 is 2.81 bits per heavy atom. The Bertz CT molecular complexity index is 868. The van der Waals surface area contributed by atoms with Crippen LogP contribution in [0.4, 0.5) is 10.5 Å². The molecule has 0 radical (unpaired) electrons. The van der Waals surface area contributed by atoms with E-state index in [0.29, 0.717) is 25.7 Å². The van der Waals surface area contributed by atoms with Crippen molar-refractivity contribution in [2.45, 2.75) is 62.3 Å². The minimum Gasteiger partial charge on any atom is -0.332 e. The fourth-order valence-corrected chi connectivity index (χ4v) is 6.78. The quantitative estimate of drug-likeness (QED) is 0.505. The van der Waals surface area contributed by atoms with Crippen molar-refractivity contribution in [2.75, 3.05) is 11.1 Å². The second-order valence-electron chi connectivity index (χ2n) is 7.75. The van der Waals surface area contributed by atoms with Crippen LogP contribution in [-0.2, 0) is 27.5 Å². The molecule has 0 unspecified atom stereocenters. The molecule has 3 aliphatic rings. The number of rotatable bonds is 6. The summed E-state index contributed by atoms with van der Waals surface area (Å²) >= 11 is 0. The van der Waals surface area contributed by atoms with Gasteiger partial charge < -0.3 is 16.0 Å². The van der Waals surface area contributed by atoms with E-state index in [-0.39, 0.29) is 29.8 Å². The van der Waals surface area contributed by atoms with Crippen LogP contribution < -0.4 is 16.0 Å². The summed E-state index contributed by atoms with van der Waals surface area (Å²) in [4.78, 5) is 23.6. The summed E-state index contributed by atoms with van der Waals surface area (Å²) in [5.41, 5.74) is 3.53. The summed E-state index contributed by atoms with van der Waals surface area (Å²) in [6.07, 6.45) is 5.46. The number of carbonyl (C=O) groups is 2. The second-order valence-corrected chi connectivity index (χ2v) is 10.0. The van der Waals surface area contributed by atoms with Gasteiger partial charge in [-0.2, -0.15) is 0 Å². The van der Waals surface area contributed by atoms with Gasteiger partial charge in [-0.05, 0) is 55.4 Å². The first-order valence-corrected chi connectivity index (χ1v) is 11.3. The maximum absolute atomic E-state index is 12.3. The maximum atomic E-state index is 12.3. The van der Waals surface area contributed by atoms with Crippen LogP contribution in [0.25, 0.3) is 0 Å². The number of hydrogen-bond donors (Lipinski definition) is 3. The van der Waals surface area contributed by atoms with Crippen molar-refractivity contribution in [2.24, 2.45) is 0 Å². The average Bonchev–Trinajstić information content (AvgIpc) is 3.25. The van der Waals surface area contributed by atoms with Gasteiger partial charge in [0.05, 0.1) is 23.1 Å². The highest BCUT2D eigenvalue weighted by atomic mass is 32.2. The lowest BCUT2D eigenvalue weighted by Gasteiger charge is -2.16. The summed E-state index contributed by atoms with van der Waals surface area (Å²) < 4.78 is 24.5. The standard InChI is InChI=1S/C19H25N3O4S/c23-17(20-14-9-8-12-4-3-5-13(12)10-14)7-2-1-6-16-18-15(11-27(16,25)26)21-19(24)22-18/h8-10,15-16,18H,1-7,11H2,(H,20,23)(H2,21,22,24)/t15-,16+,18-/m0/s1. The molecule has 2 aliphatic heterocycles. The summed E-state index contributed by atoms with van der Waals surface area (Å²) in [6.45, 7) is 0. The molecule has 1 aromatic carbocycles. The Labute approximate surface area is 159 Å². The van der Waals surface area contributed by atoms with E-state index in [1.165, 1.54) is 17.5 Å². The van der Waals surface area contributed by atoms with Gasteiger partial charge in [-0.1, -0.05) is 12.5 Å². The molecule has 3 atom stereocenters. The molecule has 2 heterocycles. The van der Waals surface area contributed by atoms with Crippen LogP contribution in [0.15, 0.2) is 18.2 Å².